The molecule has 7 nitrogen and oxygen atoms in total. The summed E-state index contributed by atoms with van der Waals surface area (Å²) in [7, 11) is 3.27. The molecule has 0 saturated heterocycles. The summed E-state index contributed by atoms with van der Waals surface area (Å²) in [6.07, 6.45) is 2.46. The van der Waals surface area contributed by atoms with Crippen molar-refractivity contribution in [1.82, 2.24) is 15.2 Å². The van der Waals surface area contributed by atoms with Gasteiger partial charge in [-0.05, 0) is 54.4 Å². The zero-order valence-corrected chi connectivity index (χ0v) is 17.4. The lowest BCUT2D eigenvalue weighted by Gasteiger charge is -2.25. The van der Waals surface area contributed by atoms with Gasteiger partial charge in [-0.25, -0.2) is 0 Å². The third-order valence-corrected chi connectivity index (χ3v) is 4.91. The molecule has 3 aromatic rings. The number of fused-ring (bicyclic) bond motifs is 1. The van der Waals surface area contributed by atoms with Crippen LogP contribution in [-0.4, -0.2) is 42.4 Å². The van der Waals surface area contributed by atoms with Crippen LogP contribution in [0.5, 0.6) is 5.75 Å². The minimum atomic E-state index is -0.155. The van der Waals surface area contributed by atoms with Gasteiger partial charge in [0, 0.05) is 31.9 Å². The maximum absolute atomic E-state index is 12.7. The van der Waals surface area contributed by atoms with Gasteiger partial charge in [0.1, 0.15) is 11.5 Å². The molecule has 1 aromatic carbocycles. The number of pyridine rings is 1. The van der Waals surface area contributed by atoms with E-state index in [9.17, 15) is 4.79 Å². The van der Waals surface area contributed by atoms with Crippen LogP contribution in [0.25, 0.3) is 10.9 Å². The Labute approximate surface area is 174 Å². The maximum atomic E-state index is 12.7. The molecule has 2 aromatic heterocycles. The third kappa shape index (κ3) is 5.58. The summed E-state index contributed by atoms with van der Waals surface area (Å²) < 4.78 is 15.8. The van der Waals surface area contributed by atoms with Gasteiger partial charge in [0.25, 0.3) is 5.56 Å². The maximum Gasteiger partial charge on any atom is 0.253 e. The second-order valence-corrected chi connectivity index (χ2v) is 6.98. The third-order valence-electron chi connectivity index (χ3n) is 4.51. The molecule has 0 fully saturated rings. The van der Waals surface area contributed by atoms with E-state index in [4.69, 9.17) is 26.1 Å². The van der Waals surface area contributed by atoms with E-state index in [1.54, 1.807) is 20.5 Å². The summed E-state index contributed by atoms with van der Waals surface area (Å²) in [4.78, 5) is 17.5. The molecule has 0 atom stereocenters. The Morgan fingerprint density at radius 3 is 2.83 bits per heavy atom. The number of thiocarbonyl (C=S) groups is 1. The number of nitrogens with zero attached hydrogens (tertiary/aromatic N) is 1. The molecule has 0 aliphatic rings. The van der Waals surface area contributed by atoms with Crippen molar-refractivity contribution in [3.8, 4) is 5.75 Å². The number of furan rings is 1. The average molecular weight is 416 g/mol. The molecule has 0 bridgehead atoms. The number of rotatable bonds is 9. The topological polar surface area (TPSA) is 79.7 Å². The number of hydrogen-bond donors (Lipinski definition) is 2. The van der Waals surface area contributed by atoms with E-state index < -0.39 is 0 Å². The van der Waals surface area contributed by atoms with Crippen LogP contribution < -0.4 is 15.6 Å². The van der Waals surface area contributed by atoms with Gasteiger partial charge in [-0.3, -0.25) is 4.79 Å². The molecule has 0 aliphatic heterocycles. The highest BCUT2D eigenvalue weighted by Crippen LogP contribution is 2.19. The molecule has 2 N–H and O–H groups in total. The van der Waals surface area contributed by atoms with Crippen molar-refractivity contribution in [2.75, 3.05) is 27.4 Å². The fourth-order valence-corrected chi connectivity index (χ4v) is 3.22. The van der Waals surface area contributed by atoms with Crippen molar-refractivity contribution in [3.05, 3.63) is 64.3 Å². The molecule has 0 saturated carbocycles. The van der Waals surface area contributed by atoms with Crippen LogP contribution >= 0.6 is 12.2 Å². The van der Waals surface area contributed by atoms with Crippen molar-refractivity contribution in [2.45, 2.75) is 19.5 Å². The lowest BCUT2D eigenvalue weighted by atomic mass is 10.1. The number of H-pyrrole nitrogens is 1. The molecule has 0 amide bonds. The molecule has 8 heteroatoms. The Hall–Kier alpha value is -2.84. The lowest BCUT2D eigenvalue weighted by Crippen LogP contribution is -2.40. The first-order valence-corrected chi connectivity index (χ1v) is 9.75. The van der Waals surface area contributed by atoms with Crippen molar-refractivity contribution >= 4 is 28.2 Å². The number of benzene rings is 1. The summed E-state index contributed by atoms with van der Waals surface area (Å²) >= 11 is 5.57. The van der Waals surface area contributed by atoms with Gasteiger partial charge in [0.2, 0.25) is 0 Å². The van der Waals surface area contributed by atoms with E-state index in [0.29, 0.717) is 42.7 Å². The molecule has 0 radical (unpaired) electrons. The highest BCUT2D eigenvalue weighted by Gasteiger charge is 2.15. The van der Waals surface area contributed by atoms with Gasteiger partial charge in [-0.15, -0.1) is 0 Å². The van der Waals surface area contributed by atoms with Crippen LogP contribution in [-0.2, 0) is 17.8 Å². The molecule has 0 spiro atoms. The zero-order valence-electron chi connectivity index (χ0n) is 16.6. The zero-order chi connectivity index (χ0) is 20.6. The van der Waals surface area contributed by atoms with E-state index in [1.807, 2.05) is 41.3 Å². The fourth-order valence-electron chi connectivity index (χ4n) is 2.99. The largest absolute Gasteiger partial charge is 0.497 e. The van der Waals surface area contributed by atoms with E-state index in [0.717, 1.165) is 23.1 Å². The minimum Gasteiger partial charge on any atom is -0.497 e. The molecule has 0 aliphatic carbocycles. The van der Waals surface area contributed by atoms with Crippen molar-refractivity contribution in [1.29, 1.82) is 0 Å². The normalized spacial score (nSPS) is 10.8. The number of hydrogen-bond acceptors (Lipinski definition) is 5. The minimum absolute atomic E-state index is 0.155. The first-order chi connectivity index (χ1) is 14.1. The second-order valence-electron chi connectivity index (χ2n) is 6.59. The van der Waals surface area contributed by atoms with Crippen molar-refractivity contribution < 1.29 is 13.9 Å². The summed E-state index contributed by atoms with van der Waals surface area (Å²) in [6, 6.07) is 11.2. The van der Waals surface area contributed by atoms with Gasteiger partial charge < -0.3 is 29.1 Å². The summed E-state index contributed by atoms with van der Waals surface area (Å²) in [5, 5.41) is 4.72. The molecular weight excluding hydrogens is 390 g/mol. The standard InChI is InChI=1S/C21H25N3O4S/c1-26-9-4-8-22-21(29)24(14-18-5-3-10-28-18)13-16-11-15-6-7-17(27-2)12-19(15)23-20(16)25/h3,5-7,10-12H,4,8-9,13-14H2,1-2H3,(H,22,29)(H,23,25). The first-order valence-electron chi connectivity index (χ1n) is 9.34. The Morgan fingerprint density at radius 1 is 1.24 bits per heavy atom. The van der Waals surface area contributed by atoms with Crippen LogP contribution in [0.4, 0.5) is 0 Å². The predicted octanol–water partition coefficient (Wildman–Crippen LogP) is 3.04. The highest BCUT2D eigenvalue weighted by molar-refractivity contribution is 7.80. The fraction of sp³-hybridized carbons (Fsp3) is 0.333. The van der Waals surface area contributed by atoms with Crippen LogP contribution in [0, 0.1) is 0 Å². The molecule has 0 unspecified atom stereocenters. The number of methoxy groups -OCH3 is 2. The molecule has 2 heterocycles. The van der Waals surface area contributed by atoms with Crippen LogP contribution in [0.1, 0.15) is 17.7 Å². The van der Waals surface area contributed by atoms with Gasteiger partial charge in [0.05, 0.1) is 32.0 Å². The number of ether oxygens (including phenoxy) is 2. The van der Waals surface area contributed by atoms with Gasteiger partial charge in [-0.1, -0.05) is 0 Å². The average Bonchev–Trinajstić information content (AvgIpc) is 3.23. The molecule has 29 heavy (non-hydrogen) atoms. The SMILES string of the molecule is COCCCNC(=S)N(Cc1ccco1)Cc1cc2ccc(OC)cc2[nH]c1=O. The van der Waals surface area contributed by atoms with Crippen molar-refractivity contribution in [2.24, 2.45) is 0 Å². The Balaban J connectivity index is 1.81. The second kappa shape index (κ2) is 10.1. The van der Waals surface area contributed by atoms with E-state index in [1.165, 1.54) is 0 Å². The Bertz CT molecular complexity index is 1000. The smallest absolute Gasteiger partial charge is 0.253 e. The number of aromatic nitrogens is 1. The van der Waals surface area contributed by atoms with Crippen LogP contribution in [0.3, 0.4) is 0 Å². The first kappa shape index (κ1) is 20.9. The number of nitrogens with one attached hydrogen (secondary N) is 2. The summed E-state index contributed by atoms with van der Waals surface area (Å²) in [5.41, 5.74) is 1.20. The molecule has 3 rings (SSSR count). The number of aromatic amines is 1. The molecule has 154 valence electrons. The Kier molecular flexibility index (Phi) is 7.26. The van der Waals surface area contributed by atoms with E-state index >= 15 is 0 Å². The monoisotopic (exact) mass is 415 g/mol. The summed E-state index contributed by atoms with van der Waals surface area (Å²) in [5.74, 6) is 1.47. The van der Waals surface area contributed by atoms with Crippen molar-refractivity contribution in [3.63, 3.8) is 0 Å². The van der Waals surface area contributed by atoms with Crippen LogP contribution in [0.2, 0.25) is 0 Å². The summed E-state index contributed by atoms with van der Waals surface area (Å²) in [6.45, 7) is 2.16. The van der Waals surface area contributed by atoms with Gasteiger partial charge in [0.15, 0.2) is 5.11 Å². The lowest BCUT2D eigenvalue weighted by molar-refractivity contribution is 0.195. The van der Waals surface area contributed by atoms with E-state index in [-0.39, 0.29) is 5.56 Å². The van der Waals surface area contributed by atoms with Crippen LogP contribution in [0.15, 0.2) is 51.9 Å². The predicted molar refractivity (Wildman–Crippen MR) is 116 cm³/mol. The van der Waals surface area contributed by atoms with Gasteiger partial charge >= 0.3 is 0 Å². The molecular formula is C21H25N3O4S. The quantitative estimate of drug-likeness (QED) is 0.411. The van der Waals surface area contributed by atoms with E-state index in [2.05, 4.69) is 10.3 Å². The van der Waals surface area contributed by atoms with Gasteiger partial charge in [-0.2, -0.15) is 0 Å². The Morgan fingerprint density at radius 2 is 2.10 bits per heavy atom. The highest BCUT2D eigenvalue weighted by atomic mass is 32.1.